The van der Waals surface area contributed by atoms with E-state index in [1.807, 2.05) is 25.1 Å². The van der Waals surface area contributed by atoms with Gasteiger partial charge in [-0.05, 0) is 0 Å². The van der Waals surface area contributed by atoms with Crippen molar-refractivity contribution in [3.63, 3.8) is 0 Å². The molecule has 0 spiro atoms. The third-order valence-corrected chi connectivity index (χ3v) is 6.42. The Labute approximate surface area is 198 Å². The van der Waals surface area contributed by atoms with Crippen LogP contribution in [-0.2, 0) is 6.42 Å². The van der Waals surface area contributed by atoms with Gasteiger partial charge >= 0.3 is 199 Å². The maximum absolute atomic E-state index is 9.83. The number of H-pyrrole nitrogens is 1. The molecule has 0 aliphatic carbocycles. The molecular weight excluding hydrogens is 459 g/mol. The number of aryl methyl sites for hydroxylation is 2. The van der Waals surface area contributed by atoms with Gasteiger partial charge in [0.1, 0.15) is 0 Å². The molecule has 0 radical (unpaired) electrons. The molecule has 4 aromatic heterocycles. The summed E-state index contributed by atoms with van der Waals surface area (Å²) in [4.78, 5) is 19.0. The number of ether oxygens (including phenoxy) is 1. The van der Waals surface area contributed by atoms with E-state index < -0.39 is 6.10 Å². The summed E-state index contributed by atoms with van der Waals surface area (Å²) in [6.45, 7) is 3.50. The molecule has 9 nitrogen and oxygen atoms in total. The average Bonchev–Trinajstić information content (AvgIpc) is 3.30. The van der Waals surface area contributed by atoms with Crippen molar-refractivity contribution in [2.45, 2.75) is 36.2 Å². The molecular formula is C21H21BN6O3S2. The Balaban J connectivity index is 1.73. The number of hydrogen-bond acceptors (Lipinski definition) is 10. The first-order valence-electron chi connectivity index (χ1n) is 10.2. The monoisotopic (exact) mass is 480 g/mol. The molecule has 0 aromatic carbocycles. The van der Waals surface area contributed by atoms with E-state index >= 15 is 0 Å². The zero-order valence-electron chi connectivity index (χ0n) is 18.0. The Morgan fingerprint density at radius 3 is 2.94 bits per heavy atom. The fraction of sp³-hybridized carbons (Fsp3) is 0.238. The summed E-state index contributed by atoms with van der Waals surface area (Å²) in [6.07, 6.45) is 6.62. The molecule has 0 aliphatic heterocycles. The van der Waals surface area contributed by atoms with E-state index in [4.69, 9.17) is 9.84 Å². The first-order chi connectivity index (χ1) is 16.1. The molecule has 0 aliphatic rings. The first-order valence-corrected chi connectivity index (χ1v) is 11.9. The number of aliphatic hydroxyl groups excluding tert-OH is 2. The molecule has 3 N–H and O–H groups in total. The van der Waals surface area contributed by atoms with Crippen LogP contribution in [-0.4, -0.2) is 48.1 Å². The van der Waals surface area contributed by atoms with E-state index in [0.29, 0.717) is 33.4 Å². The minimum atomic E-state index is -0.995. The number of aliphatic hydroxyl groups is 2. The third kappa shape index (κ3) is 5.71. The van der Waals surface area contributed by atoms with E-state index in [1.54, 1.807) is 42.6 Å². The summed E-state index contributed by atoms with van der Waals surface area (Å²) in [7, 11) is 0. The van der Waals surface area contributed by atoms with Crippen LogP contribution in [0.4, 0.5) is 5.82 Å². The summed E-state index contributed by atoms with van der Waals surface area (Å²) in [6, 6.07) is 7.54. The van der Waals surface area contributed by atoms with Crippen LogP contribution in [0.2, 0.25) is 0 Å². The molecule has 0 saturated carbocycles. The topological polar surface area (TPSA) is 129 Å². The van der Waals surface area contributed by atoms with Crippen LogP contribution >= 0.6 is 22.9 Å². The molecule has 0 amide bonds. The quantitative estimate of drug-likeness (QED) is 0.351. The van der Waals surface area contributed by atoms with Crippen molar-refractivity contribution in [1.82, 2.24) is 25.1 Å². The zero-order valence-corrected chi connectivity index (χ0v) is 19.6. The van der Waals surface area contributed by atoms with Gasteiger partial charge in [0.25, 0.3) is 0 Å². The summed E-state index contributed by atoms with van der Waals surface area (Å²) >= 11 is 2.85. The molecule has 12 heteroatoms. The van der Waals surface area contributed by atoms with Crippen molar-refractivity contribution in [3.8, 4) is 11.5 Å². The van der Waals surface area contributed by atoms with Gasteiger partial charge in [-0.1, -0.05) is 0 Å². The SMILES string of the molecule is CCc1ncccc1Sc1cnc(/N=c2/[nH]c(C(O)CO)bs2)c(Oc2ccnnc2C)c1. The average molecular weight is 480 g/mol. The molecule has 168 valence electrons. The van der Waals surface area contributed by atoms with Crippen LogP contribution in [0.25, 0.3) is 0 Å². The molecule has 4 heterocycles. The summed E-state index contributed by atoms with van der Waals surface area (Å²) in [5.41, 5.74) is 2.13. The van der Waals surface area contributed by atoms with Gasteiger partial charge in [0.15, 0.2) is 0 Å². The number of nitrogens with zero attached hydrogens (tertiary/aromatic N) is 5. The number of aromatic nitrogens is 5. The number of hydrogen-bond donors (Lipinski definition) is 3. The Hall–Kier alpha value is -2.93. The van der Waals surface area contributed by atoms with Crippen LogP contribution in [0, 0.1) is 6.92 Å². The second kappa shape index (κ2) is 10.8. The number of pyridine rings is 2. The van der Waals surface area contributed by atoms with Crippen molar-refractivity contribution in [2.75, 3.05) is 6.61 Å². The molecule has 1 unspecified atom stereocenters. The minimum absolute atomic E-state index is 0.362. The second-order valence-electron chi connectivity index (χ2n) is 6.91. The third-order valence-electron chi connectivity index (χ3n) is 4.58. The second-order valence-corrected chi connectivity index (χ2v) is 8.88. The number of rotatable bonds is 8. The van der Waals surface area contributed by atoms with Gasteiger partial charge in [-0.25, -0.2) is 0 Å². The van der Waals surface area contributed by atoms with Gasteiger partial charge in [-0.15, -0.1) is 0 Å². The van der Waals surface area contributed by atoms with E-state index in [-0.39, 0.29) is 6.61 Å². The van der Waals surface area contributed by atoms with Crippen LogP contribution in [0.3, 0.4) is 0 Å². The van der Waals surface area contributed by atoms with E-state index in [0.717, 1.165) is 21.9 Å². The Morgan fingerprint density at radius 2 is 2.15 bits per heavy atom. The molecule has 4 rings (SSSR count). The standard InChI is InChI=1S/C21H21BN6O3S2/c1-3-14-18(5-4-7-23-14)32-13-9-17(31-16-6-8-25-28-12(16)2)20(24-10-13)27-21-26-19(22-33-21)15(30)11-29/h4-10,15,29-30H,3,11H2,1-2H3,(H,24,26,27). The predicted octanol–water partition coefficient (Wildman–Crippen LogP) is 3.07. The normalized spacial score (nSPS) is 12.5. The molecule has 1 atom stereocenters. The van der Waals surface area contributed by atoms with Crippen LogP contribution in [0.5, 0.6) is 11.5 Å². The van der Waals surface area contributed by atoms with Crippen LogP contribution in [0.1, 0.15) is 30.0 Å². The van der Waals surface area contributed by atoms with Crippen molar-refractivity contribution in [3.05, 3.63) is 64.6 Å². The van der Waals surface area contributed by atoms with Crippen molar-refractivity contribution in [1.29, 1.82) is 0 Å². The van der Waals surface area contributed by atoms with Gasteiger partial charge < -0.3 is 0 Å². The molecule has 0 bridgehead atoms. The molecule has 0 saturated heterocycles. The summed E-state index contributed by atoms with van der Waals surface area (Å²) < 4.78 is 6.14. The number of nitrogens with one attached hydrogen (secondary N) is 1. The summed E-state index contributed by atoms with van der Waals surface area (Å²) in [5, 5.41) is 26.9. The van der Waals surface area contributed by atoms with Gasteiger partial charge in [0.2, 0.25) is 0 Å². The summed E-state index contributed by atoms with van der Waals surface area (Å²) in [5.74, 6) is 1.36. The molecule has 33 heavy (non-hydrogen) atoms. The Bertz CT molecular complexity index is 1310. The van der Waals surface area contributed by atoms with Crippen LogP contribution < -0.4 is 9.54 Å². The van der Waals surface area contributed by atoms with Gasteiger partial charge in [-0.2, -0.15) is 0 Å². The maximum atomic E-state index is 9.83. The van der Waals surface area contributed by atoms with Crippen molar-refractivity contribution in [2.24, 2.45) is 4.99 Å². The zero-order chi connectivity index (χ0) is 23.2. The van der Waals surface area contributed by atoms with Crippen molar-refractivity contribution < 1.29 is 14.9 Å². The Morgan fingerprint density at radius 1 is 1.27 bits per heavy atom. The fourth-order valence-corrected chi connectivity index (χ4v) is 4.63. The fourth-order valence-electron chi connectivity index (χ4n) is 2.87. The number of aromatic amines is 1. The van der Waals surface area contributed by atoms with Crippen molar-refractivity contribution >= 4 is 34.9 Å². The van der Waals surface area contributed by atoms with Gasteiger partial charge in [0.05, 0.1) is 0 Å². The van der Waals surface area contributed by atoms with E-state index in [2.05, 4.69) is 37.1 Å². The van der Waals surface area contributed by atoms with Crippen LogP contribution in [0.15, 0.2) is 57.6 Å². The molecule has 4 aromatic rings. The molecule has 0 fully saturated rings. The van der Waals surface area contributed by atoms with E-state index in [9.17, 15) is 5.11 Å². The Kier molecular flexibility index (Phi) is 7.60. The van der Waals surface area contributed by atoms with Gasteiger partial charge in [-0.3, -0.25) is 0 Å². The van der Waals surface area contributed by atoms with Gasteiger partial charge in [0, 0.05) is 0 Å². The first kappa shape index (κ1) is 23.2. The van der Waals surface area contributed by atoms with E-state index in [1.165, 1.54) is 11.2 Å². The predicted molar refractivity (Wildman–Crippen MR) is 126 cm³/mol.